The van der Waals surface area contributed by atoms with Crippen molar-refractivity contribution >= 4 is 40.5 Å². The van der Waals surface area contributed by atoms with E-state index in [4.69, 9.17) is 13.9 Å². The maximum atomic E-state index is 12.2. The number of nitrogens with one attached hydrogen (secondary N) is 1. The van der Waals surface area contributed by atoms with Gasteiger partial charge in [0, 0.05) is 25.2 Å². The fourth-order valence-electron chi connectivity index (χ4n) is 2.76. The second-order valence-electron chi connectivity index (χ2n) is 5.96. The standard InChI is InChI=1S/C19H19N3O4S/c1-24-14-4-2-13(3-5-14)20-19-21-18(23)16(27-19)12-15-6-7-17(26-15)22-8-10-25-11-9-22/h2-7,12H,8-11H2,1H3,(H,20,21,23)/b16-12+. The van der Waals surface area contributed by atoms with Crippen LogP contribution in [0.4, 0.5) is 11.6 Å². The van der Waals surface area contributed by atoms with E-state index in [2.05, 4.69) is 15.2 Å². The zero-order chi connectivity index (χ0) is 18.6. The van der Waals surface area contributed by atoms with Gasteiger partial charge in [-0.05, 0) is 42.1 Å². The summed E-state index contributed by atoms with van der Waals surface area (Å²) in [6, 6.07) is 11.1. The molecule has 0 spiro atoms. The van der Waals surface area contributed by atoms with Gasteiger partial charge in [0.05, 0.1) is 30.9 Å². The summed E-state index contributed by atoms with van der Waals surface area (Å²) in [5.74, 6) is 2.01. The van der Waals surface area contributed by atoms with Crippen LogP contribution in [0.25, 0.3) is 6.08 Å². The van der Waals surface area contributed by atoms with E-state index >= 15 is 0 Å². The molecule has 1 N–H and O–H groups in total. The van der Waals surface area contributed by atoms with Crippen LogP contribution in [0.15, 0.2) is 50.7 Å². The number of ether oxygens (including phenoxy) is 2. The van der Waals surface area contributed by atoms with Crippen molar-refractivity contribution < 1.29 is 18.7 Å². The van der Waals surface area contributed by atoms with Crippen molar-refractivity contribution in [3.63, 3.8) is 0 Å². The SMILES string of the molecule is COc1ccc(N=C2NC(=O)/C(=C\c3ccc(N4CCOCC4)o3)S2)cc1. The predicted molar refractivity (Wildman–Crippen MR) is 106 cm³/mol. The smallest absolute Gasteiger partial charge is 0.264 e. The van der Waals surface area contributed by atoms with Crippen molar-refractivity contribution in [3.8, 4) is 5.75 Å². The van der Waals surface area contributed by atoms with E-state index < -0.39 is 0 Å². The molecular weight excluding hydrogens is 366 g/mol. The second-order valence-corrected chi connectivity index (χ2v) is 6.99. The normalized spacial score (nSPS) is 20.3. The highest BCUT2D eigenvalue weighted by atomic mass is 32.2. The van der Waals surface area contributed by atoms with Crippen molar-refractivity contribution in [1.29, 1.82) is 0 Å². The quantitative estimate of drug-likeness (QED) is 0.816. The molecule has 1 amide bonds. The lowest BCUT2D eigenvalue weighted by molar-refractivity contribution is -0.115. The zero-order valence-corrected chi connectivity index (χ0v) is 15.6. The third-order valence-electron chi connectivity index (χ3n) is 4.16. The third-order valence-corrected chi connectivity index (χ3v) is 5.07. The molecule has 4 rings (SSSR count). The molecule has 140 valence electrons. The molecule has 1 aromatic carbocycles. The van der Waals surface area contributed by atoms with Gasteiger partial charge < -0.3 is 24.1 Å². The van der Waals surface area contributed by atoms with Crippen LogP contribution in [0.1, 0.15) is 5.76 Å². The fraction of sp³-hybridized carbons (Fsp3) is 0.263. The van der Waals surface area contributed by atoms with Crippen LogP contribution in [0.2, 0.25) is 0 Å². The number of morpholine rings is 1. The minimum absolute atomic E-state index is 0.184. The number of carbonyl (C=O) groups is 1. The summed E-state index contributed by atoms with van der Waals surface area (Å²) in [5.41, 5.74) is 0.743. The van der Waals surface area contributed by atoms with Gasteiger partial charge in [-0.25, -0.2) is 4.99 Å². The molecule has 2 aliphatic rings. The largest absolute Gasteiger partial charge is 0.497 e. The number of methoxy groups -OCH3 is 1. The van der Waals surface area contributed by atoms with Gasteiger partial charge in [0.15, 0.2) is 11.1 Å². The van der Waals surface area contributed by atoms with E-state index in [-0.39, 0.29) is 5.91 Å². The number of nitrogens with zero attached hydrogens (tertiary/aromatic N) is 2. The Labute approximate surface area is 161 Å². The molecule has 0 aliphatic carbocycles. The van der Waals surface area contributed by atoms with E-state index in [0.717, 1.165) is 30.4 Å². The zero-order valence-electron chi connectivity index (χ0n) is 14.8. The number of amides is 1. The van der Waals surface area contributed by atoms with Gasteiger partial charge in [-0.2, -0.15) is 0 Å². The van der Waals surface area contributed by atoms with Crippen LogP contribution in [0.3, 0.4) is 0 Å². The number of rotatable bonds is 4. The van der Waals surface area contributed by atoms with Crippen molar-refractivity contribution in [1.82, 2.24) is 5.32 Å². The average Bonchev–Trinajstić information content (AvgIpc) is 3.30. The Kier molecular flexibility index (Phi) is 5.17. The lowest BCUT2D eigenvalue weighted by atomic mass is 10.3. The number of hydrogen-bond donors (Lipinski definition) is 1. The van der Waals surface area contributed by atoms with E-state index in [0.29, 0.717) is 29.0 Å². The number of carbonyl (C=O) groups excluding carboxylic acids is 1. The van der Waals surface area contributed by atoms with Crippen molar-refractivity contribution in [2.45, 2.75) is 0 Å². The lowest BCUT2D eigenvalue weighted by Gasteiger charge is -2.26. The monoisotopic (exact) mass is 385 g/mol. The van der Waals surface area contributed by atoms with Gasteiger partial charge in [0.2, 0.25) is 0 Å². The maximum absolute atomic E-state index is 12.2. The molecule has 27 heavy (non-hydrogen) atoms. The Morgan fingerprint density at radius 2 is 1.96 bits per heavy atom. The molecule has 2 fully saturated rings. The first-order valence-corrected chi connectivity index (χ1v) is 9.39. The fourth-order valence-corrected chi connectivity index (χ4v) is 3.58. The minimum atomic E-state index is -0.184. The van der Waals surface area contributed by atoms with Crippen LogP contribution in [-0.2, 0) is 9.53 Å². The molecule has 0 saturated carbocycles. The van der Waals surface area contributed by atoms with Gasteiger partial charge in [0.1, 0.15) is 11.5 Å². The first-order chi connectivity index (χ1) is 13.2. The van der Waals surface area contributed by atoms with E-state index in [9.17, 15) is 4.79 Å². The van der Waals surface area contributed by atoms with Crippen LogP contribution in [-0.4, -0.2) is 44.5 Å². The lowest BCUT2D eigenvalue weighted by Crippen LogP contribution is -2.35. The summed E-state index contributed by atoms with van der Waals surface area (Å²) in [5, 5.41) is 3.32. The molecule has 2 aromatic rings. The number of thioether (sulfide) groups is 1. The predicted octanol–water partition coefficient (Wildman–Crippen LogP) is 3.02. The van der Waals surface area contributed by atoms with Gasteiger partial charge in [-0.1, -0.05) is 0 Å². The molecule has 2 saturated heterocycles. The topological polar surface area (TPSA) is 76.3 Å². The average molecular weight is 385 g/mol. The number of anilines is 1. The number of aliphatic imine (C=N–C) groups is 1. The molecule has 2 aliphatic heterocycles. The van der Waals surface area contributed by atoms with Crippen molar-refractivity contribution in [2.24, 2.45) is 4.99 Å². The van der Waals surface area contributed by atoms with Gasteiger partial charge in [-0.3, -0.25) is 4.79 Å². The summed E-state index contributed by atoms with van der Waals surface area (Å²) in [6.45, 7) is 3.00. The summed E-state index contributed by atoms with van der Waals surface area (Å²) in [6.07, 6.45) is 1.74. The summed E-state index contributed by atoms with van der Waals surface area (Å²) >= 11 is 1.29. The van der Waals surface area contributed by atoms with Crippen molar-refractivity contribution in [3.05, 3.63) is 47.1 Å². The molecule has 0 bridgehead atoms. The van der Waals surface area contributed by atoms with E-state index in [1.54, 1.807) is 13.2 Å². The highest BCUT2D eigenvalue weighted by Crippen LogP contribution is 2.30. The number of amidine groups is 1. The molecular formula is C19H19N3O4S. The van der Waals surface area contributed by atoms with Gasteiger partial charge in [0.25, 0.3) is 5.91 Å². The van der Waals surface area contributed by atoms with E-state index in [1.165, 1.54) is 11.8 Å². The minimum Gasteiger partial charge on any atom is -0.497 e. The number of hydrogen-bond acceptors (Lipinski definition) is 7. The van der Waals surface area contributed by atoms with Crippen LogP contribution in [0.5, 0.6) is 5.75 Å². The Morgan fingerprint density at radius 3 is 2.70 bits per heavy atom. The highest BCUT2D eigenvalue weighted by molar-refractivity contribution is 8.18. The van der Waals surface area contributed by atoms with Crippen molar-refractivity contribution in [2.75, 3.05) is 38.3 Å². The molecule has 3 heterocycles. The number of benzene rings is 1. The van der Waals surface area contributed by atoms with Crippen LogP contribution in [0, 0.1) is 0 Å². The molecule has 7 nitrogen and oxygen atoms in total. The molecule has 1 aromatic heterocycles. The third kappa shape index (κ3) is 4.17. The molecule has 0 unspecified atom stereocenters. The van der Waals surface area contributed by atoms with Gasteiger partial charge >= 0.3 is 0 Å². The second kappa shape index (κ2) is 7.89. The van der Waals surface area contributed by atoms with E-state index in [1.807, 2.05) is 36.4 Å². The number of furan rings is 1. The summed E-state index contributed by atoms with van der Waals surface area (Å²) < 4.78 is 16.3. The Hall–Kier alpha value is -2.71. The molecule has 0 atom stereocenters. The Balaban J connectivity index is 1.47. The Morgan fingerprint density at radius 1 is 1.19 bits per heavy atom. The van der Waals surface area contributed by atoms with Crippen LogP contribution < -0.4 is 15.0 Å². The summed E-state index contributed by atoms with van der Waals surface area (Å²) in [7, 11) is 1.62. The first-order valence-electron chi connectivity index (χ1n) is 8.57. The summed E-state index contributed by atoms with van der Waals surface area (Å²) in [4.78, 5) is 19.3. The van der Waals surface area contributed by atoms with Crippen LogP contribution >= 0.6 is 11.8 Å². The Bertz CT molecular complexity index is 883. The first kappa shape index (κ1) is 17.7. The highest BCUT2D eigenvalue weighted by Gasteiger charge is 2.24. The van der Waals surface area contributed by atoms with Gasteiger partial charge in [-0.15, -0.1) is 0 Å². The molecule has 8 heteroatoms. The molecule has 0 radical (unpaired) electrons. The maximum Gasteiger partial charge on any atom is 0.264 e.